The van der Waals surface area contributed by atoms with Crippen LogP contribution < -0.4 is 0 Å². The van der Waals surface area contributed by atoms with Crippen molar-refractivity contribution in [1.82, 2.24) is 0 Å². The zero-order valence-corrected chi connectivity index (χ0v) is 13.6. The molecule has 124 valence electrons. The number of aryl methyl sites for hydroxylation is 1. The van der Waals surface area contributed by atoms with Crippen molar-refractivity contribution in [2.45, 2.75) is 24.1 Å². The van der Waals surface area contributed by atoms with Gasteiger partial charge in [-0.2, -0.15) is 8.78 Å². The monoisotopic (exact) mass is 392 g/mol. The van der Waals surface area contributed by atoms with Gasteiger partial charge < -0.3 is 0 Å². The molecule has 0 nitrogen and oxygen atoms in total. The van der Waals surface area contributed by atoms with Crippen molar-refractivity contribution in [2.75, 3.05) is 6.67 Å². The first-order valence-electron chi connectivity index (χ1n) is 7.04. The molecule has 6 heteroatoms. The van der Waals surface area contributed by atoms with E-state index in [2.05, 4.69) is 0 Å². The van der Waals surface area contributed by atoms with Crippen LogP contribution in [0.2, 0.25) is 0 Å². The molecule has 0 radical (unpaired) electrons. The van der Waals surface area contributed by atoms with Crippen LogP contribution in [0.15, 0.2) is 36.4 Å². The largest absolute Gasteiger partial charge is 0.332 e. The lowest BCUT2D eigenvalue weighted by Gasteiger charge is -2.13. The van der Waals surface area contributed by atoms with E-state index in [9.17, 15) is 22.0 Å². The second-order valence-corrected chi connectivity index (χ2v) is 6.15. The van der Waals surface area contributed by atoms with Gasteiger partial charge in [0.2, 0.25) is 0 Å². The van der Waals surface area contributed by atoms with Crippen molar-refractivity contribution in [3.63, 3.8) is 0 Å². The van der Waals surface area contributed by atoms with Crippen LogP contribution >= 0.6 is 15.9 Å². The molecule has 0 aliphatic rings. The Morgan fingerprint density at radius 2 is 1.43 bits per heavy atom. The summed E-state index contributed by atoms with van der Waals surface area (Å²) in [6, 6.07) is 8.63. The van der Waals surface area contributed by atoms with Crippen molar-refractivity contribution in [1.29, 1.82) is 0 Å². The fourth-order valence-corrected chi connectivity index (χ4v) is 2.68. The quantitative estimate of drug-likeness (QED) is 0.304. The number of alkyl halides is 4. The van der Waals surface area contributed by atoms with Gasteiger partial charge in [-0.25, -0.2) is 8.78 Å². The Morgan fingerprint density at radius 1 is 0.870 bits per heavy atom. The molecule has 0 atom stereocenters. The Hall–Kier alpha value is -1.43. The molecule has 0 aromatic heterocycles. The van der Waals surface area contributed by atoms with Crippen molar-refractivity contribution in [3.05, 3.63) is 59.2 Å². The predicted octanol–water partition coefficient (Wildman–Crippen LogP) is 6.37. The van der Waals surface area contributed by atoms with Crippen molar-refractivity contribution in [2.24, 2.45) is 0 Å². The summed E-state index contributed by atoms with van der Waals surface area (Å²) in [4.78, 5) is -3.76. The molecule has 0 aliphatic carbocycles. The van der Waals surface area contributed by atoms with Crippen molar-refractivity contribution < 1.29 is 22.0 Å². The molecule has 0 fully saturated rings. The molecule has 0 unspecified atom stereocenters. The number of rotatable bonds is 6. The number of halogens is 6. The summed E-state index contributed by atoms with van der Waals surface area (Å²) in [6.45, 7) is -0.360. The summed E-state index contributed by atoms with van der Waals surface area (Å²) in [5.41, 5.74) is 0.369. The van der Waals surface area contributed by atoms with Crippen LogP contribution in [0.1, 0.15) is 24.0 Å². The van der Waals surface area contributed by atoms with E-state index >= 15 is 0 Å². The zero-order valence-electron chi connectivity index (χ0n) is 12.1. The standard InChI is InChI=1S/C17H14BrF5/c18-17(22,23)16-14(20)9-13(10-15(16)21)12-6-4-11(5-7-12)3-1-2-8-19/h4-7,9-10H,1-3,8H2. The summed E-state index contributed by atoms with van der Waals surface area (Å²) < 4.78 is 65.9. The van der Waals surface area contributed by atoms with Crippen molar-refractivity contribution in [3.8, 4) is 11.1 Å². The Labute approximate surface area is 139 Å². The lowest BCUT2D eigenvalue weighted by Crippen LogP contribution is -2.09. The summed E-state index contributed by atoms with van der Waals surface area (Å²) in [5, 5.41) is 0. The number of benzene rings is 2. The van der Waals surface area contributed by atoms with Gasteiger partial charge in [0.15, 0.2) is 0 Å². The van der Waals surface area contributed by atoms with Gasteiger partial charge in [-0.1, -0.05) is 24.3 Å². The SMILES string of the molecule is FCCCCc1ccc(-c2cc(F)c(C(F)(F)Br)c(F)c2)cc1. The minimum Gasteiger partial charge on any atom is -0.251 e. The molecule has 0 saturated heterocycles. The first-order valence-corrected chi connectivity index (χ1v) is 7.83. The topological polar surface area (TPSA) is 0 Å². The van der Waals surface area contributed by atoms with E-state index < -0.39 is 22.0 Å². The Kier molecular flexibility index (Phi) is 5.79. The minimum absolute atomic E-state index is 0.177. The average molecular weight is 393 g/mol. The number of hydrogen-bond donors (Lipinski definition) is 0. The van der Waals surface area contributed by atoms with Crippen molar-refractivity contribution >= 4 is 15.9 Å². The molecule has 0 spiro atoms. The third-order valence-electron chi connectivity index (χ3n) is 3.46. The van der Waals surface area contributed by atoms with E-state index in [1.807, 2.05) is 15.9 Å². The van der Waals surface area contributed by atoms with E-state index in [-0.39, 0.29) is 12.2 Å². The highest BCUT2D eigenvalue weighted by atomic mass is 79.9. The molecule has 0 heterocycles. The summed E-state index contributed by atoms with van der Waals surface area (Å²) >= 11 is 1.97. The van der Waals surface area contributed by atoms with E-state index in [0.29, 0.717) is 24.8 Å². The van der Waals surface area contributed by atoms with Crippen LogP contribution in [0.4, 0.5) is 22.0 Å². The summed E-state index contributed by atoms with van der Waals surface area (Å²) in [5.74, 6) is -2.62. The van der Waals surface area contributed by atoms with Gasteiger partial charge in [0.25, 0.3) is 0 Å². The highest BCUT2D eigenvalue weighted by Gasteiger charge is 2.34. The van der Waals surface area contributed by atoms with Gasteiger partial charge >= 0.3 is 4.83 Å². The highest BCUT2D eigenvalue weighted by molar-refractivity contribution is 9.09. The molecule has 2 aromatic carbocycles. The Bertz CT molecular complexity index is 639. The summed E-state index contributed by atoms with van der Waals surface area (Å²) in [7, 11) is 0. The Morgan fingerprint density at radius 3 is 1.91 bits per heavy atom. The third kappa shape index (κ3) is 4.53. The first kappa shape index (κ1) is 17.9. The van der Waals surface area contributed by atoms with Crippen LogP contribution in [0.3, 0.4) is 0 Å². The molecule has 0 amide bonds. The Balaban J connectivity index is 2.25. The minimum atomic E-state index is -3.76. The molecule has 2 aromatic rings. The summed E-state index contributed by atoms with van der Waals surface area (Å²) in [6.07, 6.45) is 1.91. The smallest absolute Gasteiger partial charge is 0.251 e. The maximum atomic E-state index is 13.8. The highest BCUT2D eigenvalue weighted by Crippen LogP contribution is 2.39. The van der Waals surface area contributed by atoms with E-state index in [4.69, 9.17) is 0 Å². The normalized spacial score (nSPS) is 11.7. The molecular formula is C17H14BrF5. The van der Waals surface area contributed by atoms with Gasteiger partial charge in [-0.3, -0.25) is 4.39 Å². The van der Waals surface area contributed by atoms with Crippen LogP contribution in [-0.2, 0) is 11.3 Å². The van der Waals surface area contributed by atoms with Gasteiger partial charge in [-0.15, -0.1) is 0 Å². The molecule has 2 rings (SSSR count). The second kappa shape index (κ2) is 7.43. The van der Waals surface area contributed by atoms with E-state index in [1.54, 1.807) is 24.3 Å². The molecular weight excluding hydrogens is 379 g/mol. The second-order valence-electron chi connectivity index (χ2n) is 5.16. The van der Waals surface area contributed by atoms with Gasteiger partial charge in [0.1, 0.15) is 17.2 Å². The maximum absolute atomic E-state index is 13.8. The lowest BCUT2D eigenvalue weighted by molar-refractivity contribution is 0.105. The van der Waals surface area contributed by atoms with Gasteiger partial charge in [0, 0.05) is 0 Å². The first-order chi connectivity index (χ1) is 10.8. The third-order valence-corrected chi connectivity index (χ3v) is 3.86. The molecule has 0 bridgehead atoms. The maximum Gasteiger partial charge on any atom is 0.332 e. The number of hydrogen-bond acceptors (Lipinski definition) is 0. The number of unbranched alkanes of at least 4 members (excludes halogenated alkanes) is 1. The predicted molar refractivity (Wildman–Crippen MR) is 83.5 cm³/mol. The van der Waals surface area contributed by atoms with Crippen LogP contribution in [0.5, 0.6) is 0 Å². The van der Waals surface area contributed by atoms with Crippen LogP contribution in [0.25, 0.3) is 11.1 Å². The van der Waals surface area contributed by atoms with Crippen LogP contribution in [0, 0.1) is 11.6 Å². The molecule has 0 N–H and O–H groups in total. The molecule has 23 heavy (non-hydrogen) atoms. The average Bonchev–Trinajstić information content (AvgIpc) is 2.46. The van der Waals surface area contributed by atoms with E-state index in [0.717, 1.165) is 17.7 Å². The van der Waals surface area contributed by atoms with Crippen LogP contribution in [-0.4, -0.2) is 6.67 Å². The zero-order chi connectivity index (χ0) is 17.0. The fraction of sp³-hybridized carbons (Fsp3) is 0.294. The van der Waals surface area contributed by atoms with Gasteiger partial charge in [-0.05, 0) is 64.0 Å². The fourth-order valence-electron chi connectivity index (χ4n) is 2.30. The lowest BCUT2D eigenvalue weighted by atomic mass is 10.00. The molecule has 0 aliphatic heterocycles. The molecule has 0 saturated carbocycles. The van der Waals surface area contributed by atoms with Gasteiger partial charge in [0.05, 0.1) is 6.67 Å². The van der Waals surface area contributed by atoms with E-state index in [1.165, 1.54) is 0 Å².